The molecule has 0 aliphatic carbocycles. The number of aliphatic hydroxyl groups excluding tert-OH is 4. The third kappa shape index (κ3) is 11.0. The number of aliphatic hydroxyl groups is 4. The summed E-state index contributed by atoms with van der Waals surface area (Å²) >= 11 is 0. The maximum Gasteiger partial charge on any atom is 0.416 e. The Morgan fingerprint density at radius 1 is 0.968 bits per heavy atom. The number of hydrogen-bond acceptors (Lipinski definition) is 15. The zero-order chi connectivity index (χ0) is 44.9. The van der Waals surface area contributed by atoms with Crippen LogP contribution in [0.3, 0.4) is 0 Å². The summed E-state index contributed by atoms with van der Waals surface area (Å²) in [5, 5.41) is 46.2. The summed E-state index contributed by atoms with van der Waals surface area (Å²) in [6, 6.07) is 11.9. The van der Waals surface area contributed by atoms with Gasteiger partial charge in [0.05, 0.1) is 5.56 Å². The topological polar surface area (TPSA) is 277 Å². The molecular formula is C40H52F3N7O12. The van der Waals surface area contributed by atoms with Gasteiger partial charge in [-0.05, 0) is 62.0 Å². The number of nitrogens with two attached hydrogens (primary N) is 2. The summed E-state index contributed by atoms with van der Waals surface area (Å²) in [7, 11) is 1.49. The van der Waals surface area contributed by atoms with E-state index in [-0.39, 0.29) is 44.5 Å². The van der Waals surface area contributed by atoms with E-state index in [1.807, 2.05) is 29.2 Å². The Kier molecular flexibility index (Phi) is 15.1. The Bertz CT molecular complexity index is 2080. The number of piperidine rings is 1. The minimum Gasteiger partial charge on any atom is -0.490 e. The lowest BCUT2D eigenvalue weighted by atomic mass is 9.97. The van der Waals surface area contributed by atoms with E-state index >= 15 is 0 Å². The molecule has 0 saturated carbocycles. The van der Waals surface area contributed by atoms with Crippen molar-refractivity contribution in [2.24, 2.45) is 11.5 Å². The number of likely N-dealkylation sites (N-methyl/N-ethyl adjacent to an activating group) is 1. The van der Waals surface area contributed by atoms with Crippen molar-refractivity contribution in [3.8, 4) is 5.75 Å². The van der Waals surface area contributed by atoms with Crippen molar-refractivity contribution >= 4 is 17.5 Å². The molecule has 0 bridgehead atoms. The lowest BCUT2D eigenvalue weighted by Gasteiger charge is -2.37. The zero-order valence-electron chi connectivity index (χ0n) is 33.7. The Morgan fingerprint density at radius 2 is 1.65 bits per heavy atom. The van der Waals surface area contributed by atoms with Gasteiger partial charge in [-0.15, -0.1) is 0 Å². The van der Waals surface area contributed by atoms with Gasteiger partial charge in [0.25, 0.3) is 5.56 Å². The van der Waals surface area contributed by atoms with Crippen molar-refractivity contribution in [3.05, 3.63) is 92.8 Å². The Morgan fingerprint density at radius 3 is 2.24 bits per heavy atom. The van der Waals surface area contributed by atoms with Crippen LogP contribution in [0.4, 0.5) is 18.9 Å². The predicted octanol–water partition coefficient (Wildman–Crippen LogP) is -1.10. The normalized spacial score (nSPS) is 26.7. The molecule has 19 nitrogen and oxygen atoms in total. The standard InChI is InChI=1S/C40H52F3N7O12/c1-48(15-2-3-27(51)46-20-21-4-8-23(9-5-21)49-16-12-25(13-17-49)59-24-10-6-22(7-11-24)40(41,42)43)29(36(45)57)34(62-38-33(56)30(53)26(19-44)60-38)35-31(54)32(55)37(61-35)50-18-14-28(52)47-39(50)58/h4-11,14,18,25-26,29-35,37-38,53-56H,2-3,12-13,15-17,19-20,44H2,1H3,(H2,45,57)(H,46,51)(H,47,52,58). The van der Waals surface area contributed by atoms with Crippen molar-refractivity contribution in [3.63, 3.8) is 0 Å². The van der Waals surface area contributed by atoms with Crippen LogP contribution in [0, 0.1) is 0 Å². The fourth-order valence-corrected chi connectivity index (χ4v) is 7.84. The molecule has 2 aromatic carbocycles. The van der Waals surface area contributed by atoms with Crippen molar-refractivity contribution in [1.82, 2.24) is 19.8 Å². The molecule has 2 amide bonds. The molecule has 1 aromatic heterocycles. The first kappa shape index (κ1) is 46.6. The van der Waals surface area contributed by atoms with E-state index in [0.717, 1.165) is 40.2 Å². The Hall–Kier alpha value is -4.91. The number of hydrogen-bond donors (Lipinski definition) is 8. The highest BCUT2D eigenvalue weighted by atomic mass is 19.4. The maximum absolute atomic E-state index is 13.1. The molecule has 3 aliphatic heterocycles. The van der Waals surface area contributed by atoms with Gasteiger partial charge in [-0.2, -0.15) is 13.2 Å². The van der Waals surface area contributed by atoms with Gasteiger partial charge in [0.1, 0.15) is 60.6 Å². The molecule has 10 N–H and O–H groups in total. The monoisotopic (exact) mass is 879 g/mol. The number of aromatic nitrogens is 2. The number of primary amides is 1. The molecule has 0 radical (unpaired) electrons. The number of rotatable bonds is 17. The number of carbonyl (C=O) groups is 2. The fourth-order valence-electron chi connectivity index (χ4n) is 7.84. The SMILES string of the molecule is CN(CCCC(=O)NCc1ccc(N2CCC(Oc3ccc(C(F)(F)F)cc3)CC2)cc1)C(C(N)=O)C(OC1OC(CN)C(O)C1O)C1OC(n2ccc(=O)[nH]c2=O)C(O)C1O. The van der Waals surface area contributed by atoms with Crippen LogP contribution in [-0.2, 0) is 36.5 Å². The molecule has 3 aliphatic rings. The van der Waals surface area contributed by atoms with Gasteiger partial charge in [0.15, 0.2) is 12.5 Å². The van der Waals surface area contributed by atoms with Crippen LogP contribution in [0.2, 0.25) is 0 Å². The van der Waals surface area contributed by atoms with E-state index in [0.29, 0.717) is 31.7 Å². The summed E-state index contributed by atoms with van der Waals surface area (Å²) in [5.41, 5.74) is 10.9. The van der Waals surface area contributed by atoms with Crippen LogP contribution in [0.5, 0.6) is 5.75 Å². The summed E-state index contributed by atoms with van der Waals surface area (Å²) in [6.45, 7) is 1.46. The van der Waals surface area contributed by atoms with Crippen LogP contribution in [0.1, 0.15) is 43.0 Å². The molecule has 340 valence electrons. The second-order valence-corrected chi connectivity index (χ2v) is 15.6. The van der Waals surface area contributed by atoms with Gasteiger partial charge in [-0.1, -0.05) is 12.1 Å². The van der Waals surface area contributed by atoms with Gasteiger partial charge in [-0.3, -0.25) is 28.8 Å². The molecular weight excluding hydrogens is 827 g/mol. The van der Waals surface area contributed by atoms with Gasteiger partial charge in [0, 0.05) is 63.4 Å². The molecule has 3 aromatic rings. The van der Waals surface area contributed by atoms with E-state index < -0.39 is 90.2 Å². The molecule has 3 saturated heterocycles. The van der Waals surface area contributed by atoms with Crippen molar-refractivity contribution in [2.75, 3.05) is 38.1 Å². The average molecular weight is 880 g/mol. The smallest absolute Gasteiger partial charge is 0.416 e. The van der Waals surface area contributed by atoms with E-state index in [4.69, 9.17) is 30.4 Å². The van der Waals surface area contributed by atoms with Crippen molar-refractivity contribution in [1.29, 1.82) is 0 Å². The molecule has 3 fully saturated rings. The molecule has 0 spiro atoms. The number of amides is 2. The quantitative estimate of drug-likeness (QED) is 0.0799. The second-order valence-electron chi connectivity index (χ2n) is 15.6. The lowest BCUT2D eigenvalue weighted by Crippen LogP contribution is -2.59. The van der Waals surface area contributed by atoms with Crippen LogP contribution < -0.4 is 37.7 Å². The van der Waals surface area contributed by atoms with Gasteiger partial charge < -0.3 is 61.1 Å². The fraction of sp³-hybridized carbons (Fsp3) is 0.550. The largest absolute Gasteiger partial charge is 0.490 e. The number of alkyl halides is 3. The number of H-pyrrole nitrogens is 1. The summed E-state index contributed by atoms with van der Waals surface area (Å²) in [4.78, 5) is 55.9. The number of nitrogens with zero attached hydrogens (tertiary/aromatic N) is 3. The first-order chi connectivity index (χ1) is 29.4. The molecule has 22 heteroatoms. The summed E-state index contributed by atoms with van der Waals surface area (Å²) < 4.78 is 62.9. The van der Waals surface area contributed by atoms with Crippen LogP contribution in [0.15, 0.2) is 70.4 Å². The first-order valence-electron chi connectivity index (χ1n) is 20.1. The van der Waals surface area contributed by atoms with Crippen molar-refractivity contribution < 1.29 is 62.1 Å². The maximum atomic E-state index is 13.1. The Labute approximate surface area is 352 Å². The van der Waals surface area contributed by atoms with Gasteiger partial charge in [0.2, 0.25) is 11.8 Å². The van der Waals surface area contributed by atoms with E-state index in [2.05, 4.69) is 10.2 Å². The highest BCUT2D eigenvalue weighted by molar-refractivity contribution is 5.80. The van der Waals surface area contributed by atoms with E-state index in [9.17, 15) is 52.8 Å². The van der Waals surface area contributed by atoms with E-state index in [1.54, 1.807) is 0 Å². The second kappa shape index (κ2) is 20.1. The third-order valence-electron chi connectivity index (χ3n) is 11.3. The lowest BCUT2D eigenvalue weighted by molar-refractivity contribution is -0.232. The summed E-state index contributed by atoms with van der Waals surface area (Å²) in [6.07, 6.45) is -16.1. The molecule has 62 heavy (non-hydrogen) atoms. The van der Waals surface area contributed by atoms with Crippen LogP contribution >= 0.6 is 0 Å². The number of aromatic amines is 1. The predicted molar refractivity (Wildman–Crippen MR) is 212 cm³/mol. The number of nitrogens with one attached hydrogen (secondary N) is 2. The minimum atomic E-state index is -4.41. The molecule has 4 heterocycles. The van der Waals surface area contributed by atoms with Gasteiger partial charge >= 0.3 is 11.9 Å². The highest BCUT2D eigenvalue weighted by Crippen LogP contribution is 2.36. The van der Waals surface area contributed by atoms with E-state index in [1.165, 1.54) is 24.1 Å². The number of benzene rings is 2. The third-order valence-corrected chi connectivity index (χ3v) is 11.3. The van der Waals surface area contributed by atoms with Gasteiger partial charge in [-0.25, -0.2) is 4.79 Å². The van der Waals surface area contributed by atoms with Crippen LogP contribution in [0.25, 0.3) is 0 Å². The average Bonchev–Trinajstić information content (AvgIpc) is 3.68. The van der Waals surface area contributed by atoms with Crippen molar-refractivity contribution in [2.45, 2.75) is 106 Å². The highest BCUT2D eigenvalue weighted by Gasteiger charge is 2.54. The Balaban J connectivity index is 1.01. The van der Waals surface area contributed by atoms with Crippen LogP contribution in [-0.4, -0.2) is 141 Å². The first-order valence-corrected chi connectivity index (χ1v) is 20.1. The summed E-state index contributed by atoms with van der Waals surface area (Å²) in [5.74, 6) is -0.892. The zero-order valence-corrected chi connectivity index (χ0v) is 33.7. The number of halogens is 3. The minimum absolute atomic E-state index is 0.0240. The number of carbonyl (C=O) groups excluding carboxylic acids is 2. The number of ether oxygens (including phenoxy) is 4. The number of anilines is 1. The molecule has 10 unspecified atom stereocenters. The molecule has 6 rings (SSSR count). The molecule has 10 atom stereocenters.